The lowest BCUT2D eigenvalue weighted by molar-refractivity contribution is 0.260. The van der Waals surface area contributed by atoms with Gasteiger partial charge in [-0.3, -0.25) is 0 Å². The van der Waals surface area contributed by atoms with Gasteiger partial charge in [0, 0.05) is 6.04 Å². The summed E-state index contributed by atoms with van der Waals surface area (Å²) in [6, 6.07) is 3.64. The van der Waals surface area contributed by atoms with Crippen LogP contribution in [0.3, 0.4) is 0 Å². The van der Waals surface area contributed by atoms with E-state index in [-0.39, 0.29) is 5.82 Å². The number of nitrogens with one attached hydrogen (secondary N) is 1. The molecule has 1 heterocycles. The summed E-state index contributed by atoms with van der Waals surface area (Å²) in [6.45, 7) is 4.62. The van der Waals surface area contributed by atoms with E-state index in [2.05, 4.69) is 24.1 Å². The number of aromatic nitrogens is 1. The van der Waals surface area contributed by atoms with Crippen LogP contribution < -0.4 is 5.32 Å². The molecule has 2 rings (SSSR count). The Bertz CT molecular complexity index is 336. The largest absolute Gasteiger partial charge is 0.367 e. The molecule has 3 heteroatoms. The summed E-state index contributed by atoms with van der Waals surface area (Å²) in [5, 5.41) is 3.38. The van der Waals surface area contributed by atoms with Gasteiger partial charge in [-0.15, -0.1) is 0 Å². The monoisotopic (exact) mass is 222 g/mol. The van der Waals surface area contributed by atoms with Crippen molar-refractivity contribution in [2.24, 2.45) is 11.8 Å². The predicted molar refractivity (Wildman–Crippen MR) is 63.8 cm³/mol. The van der Waals surface area contributed by atoms with Crippen molar-refractivity contribution < 1.29 is 4.39 Å². The highest BCUT2D eigenvalue weighted by atomic mass is 19.1. The molecule has 1 aromatic heterocycles. The topological polar surface area (TPSA) is 24.9 Å². The SMILES string of the molecule is CC1CCC(Nc2ccc(F)cn2)CC1C. The smallest absolute Gasteiger partial charge is 0.141 e. The molecule has 1 N–H and O–H groups in total. The van der Waals surface area contributed by atoms with Crippen LogP contribution >= 0.6 is 0 Å². The van der Waals surface area contributed by atoms with Crippen molar-refractivity contribution in [3.8, 4) is 0 Å². The van der Waals surface area contributed by atoms with Crippen LogP contribution in [0.4, 0.5) is 10.2 Å². The first-order chi connectivity index (χ1) is 7.65. The molecule has 1 aliphatic carbocycles. The third kappa shape index (κ3) is 2.71. The second-order valence-electron chi connectivity index (χ2n) is 4.97. The first-order valence-electron chi connectivity index (χ1n) is 6.03. The van der Waals surface area contributed by atoms with Gasteiger partial charge in [-0.1, -0.05) is 13.8 Å². The van der Waals surface area contributed by atoms with Crippen molar-refractivity contribution in [1.29, 1.82) is 0 Å². The normalized spacial score (nSPS) is 30.1. The van der Waals surface area contributed by atoms with Gasteiger partial charge in [-0.05, 0) is 43.2 Å². The second kappa shape index (κ2) is 4.81. The molecule has 1 fully saturated rings. The van der Waals surface area contributed by atoms with Gasteiger partial charge in [0.15, 0.2) is 0 Å². The summed E-state index contributed by atoms with van der Waals surface area (Å²) < 4.78 is 12.7. The Hall–Kier alpha value is -1.12. The van der Waals surface area contributed by atoms with E-state index in [0.717, 1.165) is 17.7 Å². The van der Waals surface area contributed by atoms with Crippen LogP contribution in [0.5, 0.6) is 0 Å². The highest BCUT2D eigenvalue weighted by Crippen LogP contribution is 2.30. The number of hydrogen-bond acceptors (Lipinski definition) is 2. The van der Waals surface area contributed by atoms with Crippen molar-refractivity contribution in [3.63, 3.8) is 0 Å². The van der Waals surface area contributed by atoms with E-state index in [0.29, 0.717) is 6.04 Å². The molecule has 0 saturated heterocycles. The molecule has 1 aromatic rings. The lowest BCUT2D eigenvalue weighted by Crippen LogP contribution is -2.30. The summed E-state index contributed by atoms with van der Waals surface area (Å²) in [5.74, 6) is 2.08. The van der Waals surface area contributed by atoms with Gasteiger partial charge in [0.2, 0.25) is 0 Å². The molecule has 0 spiro atoms. The molecular formula is C13H19FN2. The van der Waals surface area contributed by atoms with E-state index in [4.69, 9.17) is 0 Å². The summed E-state index contributed by atoms with van der Waals surface area (Å²) in [4.78, 5) is 4.03. The number of anilines is 1. The minimum Gasteiger partial charge on any atom is -0.367 e. The maximum atomic E-state index is 12.7. The molecule has 2 nitrogen and oxygen atoms in total. The molecule has 0 bridgehead atoms. The van der Waals surface area contributed by atoms with Gasteiger partial charge in [0.1, 0.15) is 11.6 Å². The third-order valence-electron chi connectivity index (χ3n) is 3.68. The van der Waals surface area contributed by atoms with Crippen molar-refractivity contribution in [1.82, 2.24) is 4.98 Å². The standard InChI is InChI=1S/C13H19FN2/c1-9-3-5-12(7-10(9)2)16-13-6-4-11(14)8-15-13/h4,6,8-10,12H,3,5,7H2,1-2H3,(H,15,16). The van der Waals surface area contributed by atoms with Gasteiger partial charge >= 0.3 is 0 Å². The number of nitrogens with zero attached hydrogens (tertiary/aromatic N) is 1. The molecule has 1 aliphatic rings. The Morgan fingerprint density at radius 1 is 1.25 bits per heavy atom. The van der Waals surface area contributed by atoms with Crippen molar-refractivity contribution >= 4 is 5.82 Å². The first-order valence-corrected chi connectivity index (χ1v) is 6.03. The molecular weight excluding hydrogens is 203 g/mol. The van der Waals surface area contributed by atoms with Crippen molar-refractivity contribution in [2.75, 3.05) is 5.32 Å². The molecule has 0 aliphatic heterocycles. The van der Waals surface area contributed by atoms with Crippen LogP contribution in [0.1, 0.15) is 33.1 Å². The molecule has 0 amide bonds. The Labute approximate surface area is 96.3 Å². The van der Waals surface area contributed by atoms with E-state index >= 15 is 0 Å². The average Bonchev–Trinajstić information content (AvgIpc) is 2.27. The molecule has 0 aromatic carbocycles. The van der Waals surface area contributed by atoms with Gasteiger partial charge in [0.05, 0.1) is 6.20 Å². The van der Waals surface area contributed by atoms with Gasteiger partial charge < -0.3 is 5.32 Å². The minimum absolute atomic E-state index is 0.281. The van der Waals surface area contributed by atoms with Crippen molar-refractivity contribution in [2.45, 2.75) is 39.2 Å². The summed E-state index contributed by atoms with van der Waals surface area (Å²) in [5.41, 5.74) is 0. The van der Waals surface area contributed by atoms with E-state index in [1.54, 1.807) is 6.07 Å². The molecule has 0 radical (unpaired) electrons. The Morgan fingerprint density at radius 2 is 2.06 bits per heavy atom. The zero-order chi connectivity index (χ0) is 11.5. The van der Waals surface area contributed by atoms with E-state index in [9.17, 15) is 4.39 Å². The highest BCUT2D eigenvalue weighted by molar-refractivity contribution is 5.34. The Balaban J connectivity index is 1.93. The van der Waals surface area contributed by atoms with E-state index in [1.165, 1.54) is 31.5 Å². The zero-order valence-electron chi connectivity index (χ0n) is 9.91. The number of pyridine rings is 1. The maximum absolute atomic E-state index is 12.7. The number of rotatable bonds is 2. The molecule has 3 atom stereocenters. The van der Waals surface area contributed by atoms with Crippen molar-refractivity contribution in [3.05, 3.63) is 24.1 Å². The lowest BCUT2D eigenvalue weighted by atomic mass is 9.79. The molecule has 3 unspecified atom stereocenters. The van der Waals surface area contributed by atoms with Crippen LogP contribution in [0.15, 0.2) is 18.3 Å². The quantitative estimate of drug-likeness (QED) is 0.829. The minimum atomic E-state index is -0.281. The number of hydrogen-bond donors (Lipinski definition) is 1. The molecule has 1 saturated carbocycles. The highest BCUT2D eigenvalue weighted by Gasteiger charge is 2.24. The summed E-state index contributed by atoms with van der Waals surface area (Å²) in [6.07, 6.45) is 4.89. The summed E-state index contributed by atoms with van der Waals surface area (Å²) >= 11 is 0. The fourth-order valence-corrected chi connectivity index (χ4v) is 2.35. The van der Waals surface area contributed by atoms with Gasteiger partial charge in [0.25, 0.3) is 0 Å². The maximum Gasteiger partial charge on any atom is 0.141 e. The van der Waals surface area contributed by atoms with E-state index < -0.39 is 0 Å². The fourth-order valence-electron chi connectivity index (χ4n) is 2.35. The van der Waals surface area contributed by atoms with Crippen LogP contribution in [0.2, 0.25) is 0 Å². The molecule has 88 valence electrons. The third-order valence-corrected chi connectivity index (χ3v) is 3.68. The molecule has 16 heavy (non-hydrogen) atoms. The van der Waals surface area contributed by atoms with Crippen LogP contribution in [-0.2, 0) is 0 Å². The second-order valence-corrected chi connectivity index (χ2v) is 4.97. The average molecular weight is 222 g/mol. The predicted octanol–water partition coefficient (Wildman–Crippen LogP) is 3.46. The fraction of sp³-hybridized carbons (Fsp3) is 0.615. The van der Waals surface area contributed by atoms with Crippen LogP contribution in [0, 0.1) is 17.7 Å². The van der Waals surface area contributed by atoms with Crippen LogP contribution in [0.25, 0.3) is 0 Å². The lowest BCUT2D eigenvalue weighted by Gasteiger charge is -2.32. The van der Waals surface area contributed by atoms with Gasteiger partial charge in [-0.2, -0.15) is 0 Å². The Kier molecular flexibility index (Phi) is 3.42. The van der Waals surface area contributed by atoms with E-state index in [1.807, 2.05) is 0 Å². The van der Waals surface area contributed by atoms with Gasteiger partial charge in [-0.25, -0.2) is 9.37 Å². The first kappa shape index (κ1) is 11.4. The Morgan fingerprint density at radius 3 is 2.69 bits per heavy atom. The van der Waals surface area contributed by atoms with Crippen LogP contribution in [-0.4, -0.2) is 11.0 Å². The zero-order valence-corrected chi connectivity index (χ0v) is 9.91. The number of halogens is 1. The summed E-state index contributed by atoms with van der Waals surface area (Å²) in [7, 11) is 0.